The highest BCUT2D eigenvalue weighted by atomic mass is 16.6. The van der Waals surface area contributed by atoms with Gasteiger partial charge in [-0.1, -0.05) is 0 Å². The Morgan fingerprint density at radius 3 is 2.70 bits per heavy atom. The van der Waals surface area contributed by atoms with Crippen LogP contribution < -0.4 is 0 Å². The van der Waals surface area contributed by atoms with Crippen molar-refractivity contribution in [2.75, 3.05) is 19.8 Å². The standard InChI is InChI=1S/C12H11NO7/c14-7-1-2-8(9(15)5-7)11(17)20-6-10(16)13-3-4-19-12(13)18/h1-2,5,14-15H,3-4,6H2. The Morgan fingerprint density at radius 2 is 2.10 bits per heavy atom. The second-order valence-electron chi connectivity index (χ2n) is 3.94. The minimum atomic E-state index is -0.941. The van der Waals surface area contributed by atoms with Crippen LogP contribution in [0.5, 0.6) is 11.5 Å². The number of esters is 1. The Kier molecular flexibility index (Phi) is 3.74. The van der Waals surface area contributed by atoms with Gasteiger partial charge in [-0.25, -0.2) is 14.5 Å². The summed E-state index contributed by atoms with van der Waals surface area (Å²) >= 11 is 0. The SMILES string of the molecule is O=C(OCC(=O)N1CCOC1=O)c1ccc(O)cc1O. The van der Waals surface area contributed by atoms with Gasteiger partial charge in [0.15, 0.2) is 6.61 Å². The van der Waals surface area contributed by atoms with Crippen molar-refractivity contribution < 1.29 is 34.1 Å². The molecular weight excluding hydrogens is 270 g/mol. The lowest BCUT2D eigenvalue weighted by Gasteiger charge is -2.11. The highest BCUT2D eigenvalue weighted by Crippen LogP contribution is 2.23. The molecule has 8 heteroatoms. The summed E-state index contributed by atoms with van der Waals surface area (Å²) < 4.78 is 9.26. The molecule has 0 unspecified atom stereocenters. The van der Waals surface area contributed by atoms with E-state index in [1.165, 1.54) is 6.07 Å². The first-order valence-corrected chi connectivity index (χ1v) is 5.65. The predicted molar refractivity (Wildman–Crippen MR) is 63.1 cm³/mol. The molecule has 1 heterocycles. The lowest BCUT2D eigenvalue weighted by molar-refractivity contribution is -0.131. The number of carbonyl (C=O) groups is 3. The molecule has 0 saturated carbocycles. The van der Waals surface area contributed by atoms with Crippen molar-refractivity contribution in [2.24, 2.45) is 0 Å². The highest BCUT2D eigenvalue weighted by molar-refractivity contribution is 5.97. The number of aromatic hydroxyl groups is 2. The van der Waals surface area contributed by atoms with Gasteiger partial charge in [-0.15, -0.1) is 0 Å². The molecule has 0 aliphatic carbocycles. The number of carbonyl (C=O) groups excluding carboxylic acids is 3. The molecule has 1 aromatic carbocycles. The third kappa shape index (κ3) is 2.79. The largest absolute Gasteiger partial charge is 0.508 e. The quantitative estimate of drug-likeness (QED) is 0.762. The van der Waals surface area contributed by atoms with Crippen LogP contribution in [-0.2, 0) is 14.3 Å². The van der Waals surface area contributed by atoms with E-state index in [1.807, 2.05) is 0 Å². The molecule has 1 aromatic rings. The first kappa shape index (κ1) is 13.7. The summed E-state index contributed by atoms with van der Waals surface area (Å²) in [5, 5.41) is 18.5. The number of benzene rings is 1. The van der Waals surface area contributed by atoms with Crippen LogP contribution in [0.2, 0.25) is 0 Å². The first-order valence-electron chi connectivity index (χ1n) is 5.65. The number of rotatable bonds is 3. The van der Waals surface area contributed by atoms with E-state index in [4.69, 9.17) is 9.84 Å². The van der Waals surface area contributed by atoms with Gasteiger partial charge in [0.1, 0.15) is 23.7 Å². The Hall–Kier alpha value is -2.77. The lowest BCUT2D eigenvalue weighted by Crippen LogP contribution is -2.35. The number of cyclic esters (lactones) is 1. The van der Waals surface area contributed by atoms with Crippen molar-refractivity contribution in [3.8, 4) is 11.5 Å². The molecule has 106 valence electrons. The molecule has 0 radical (unpaired) electrons. The van der Waals surface area contributed by atoms with Gasteiger partial charge in [0.2, 0.25) is 0 Å². The maximum Gasteiger partial charge on any atom is 0.416 e. The van der Waals surface area contributed by atoms with Crippen LogP contribution in [0.25, 0.3) is 0 Å². The van der Waals surface area contributed by atoms with Crippen LogP contribution in [-0.4, -0.2) is 52.8 Å². The van der Waals surface area contributed by atoms with Gasteiger partial charge in [-0.3, -0.25) is 4.79 Å². The summed E-state index contributed by atoms with van der Waals surface area (Å²) in [5.41, 5.74) is -0.195. The van der Waals surface area contributed by atoms with E-state index in [2.05, 4.69) is 4.74 Å². The van der Waals surface area contributed by atoms with E-state index in [0.29, 0.717) is 0 Å². The average Bonchev–Trinajstić information content (AvgIpc) is 2.82. The lowest BCUT2D eigenvalue weighted by atomic mass is 10.2. The Balaban J connectivity index is 1.95. The summed E-state index contributed by atoms with van der Waals surface area (Å²) in [5.74, 6) is -2.33. The van der Waals surface area contributed by atoms with Crippen molar-refractivity contribution in [3.63, 3.8) is 0 Å². The van der Waals surface area contributed by atoms with E-state index in [1.54, 1.807) is 0 Å². The second-order valence-corrected chi connectivity index (χ2v) is 3.94. The number of hydrogen-bond acceptors (Lipinski definition) is 7. The van der Waals surface area contributed by atoms with Gasteiger partial charge in [-0.05, 0) is 12.1 Å². The minimum absolute atomic E-state index is 0.108. The molecule has 1 aliphatic heterocycles. The van der Waals surface area contributed by atoms with Crippen molar-refractivity contribution in [3.05, 3.63) is 23.8 Å². The first-order chi connectivity index (χ1) is 9.49. The Morgan fingerprint density at radius 1 is 1.35 bits per heavy atom. The number of hydrogen-bond donors (Lipinski definition) is 2. The molecule has 1 saturated heterocycles. The van der Waals surface area contributed by atoms with Crippen LogP contribution >= 0.6 is 0 Å². The molecule has 2 amide bonds. The third-order valence-corrected chi connectivity index (χ3v) is 2.59. The Labute approximate surface area is 113 Å². The molecule has 0 aromatic heterocycles. The molecule has 20 heavy (non-hydrogen) atoms. The van der Waals surface area contributed by atoms with Gasteiger partial charge in [0.05, 0.1) is 6.54 Å². The molecule has 0 bridgehead atoms. The average molecular weight is 281 g/mol. The summed E-state index contributed by atoms with van der Waals surface area (Å²) in [6, 6.07) is 3.31. The fourth-order valence-electron chi connectivity index (χ4n) is 1.60. The Bertz CT molecular complexity index is 569. The van der Waals surface area contributed by atoms with Crippen molar-refractivity contribution in [1.82, 2.24) is 4.90 Å². The van der Waals surface area contributed by atoms with Gasteiger partial charge in [0.25, 0.3) is 5.91 Å². The minimum Gasteiger partial charge on any atom is -0.508 e. The van der Waals surface area contributed by atoms with Crippen molar-refractivity contribution >= 4 is 18.0 Å². The fraction of sp³-hybridized carbons (Fsp3) is 0.250. The normalized spacial score (nSPS) is 14.0. The zero-order chi connectivity index (χ0) is 14.7. The van der Waals surface area contributed by atoms with Gasteiger partial charge >= 0.3 is 12.1 Å². The van der Waals surface area contributed by atoms with E-state index in [9.17, 15) is 19.5 Å². The number of phenols is 2. The van der Waals surface area contributed by atoms with Crippen LogP contribution in [0.3, 0.4) is 0 Å². The molecule has 2 N–H and O–H groups in total. The number of imide groups is 1. The number of amides is 2. The summed E-state index contributed by atoms with van der Waals surface area (Å²) in [6.07, 6.45) is -0.779. The van der Waals surface area contributed by atoms with Gasteiger partial charge in [0, 0.05) is 6.07 Å². The topological polar surface area (TPSA) is 113 Å². The van der Waals surface area contributed by atoms with E-state index in [0.717, 1.165) is 17.0 Å². The zero-order valence-electron chi connectivity index (χ0n) is 10.2. The number of nitrogens with zero attached hydrogens (tertiary/aromatic N) is 1. The molecule has 0 spiro atoms. The maximum atomic E-state index is 11.6. The predicted octanol–water partition coefficient (Wildman–Crippen LogP) is 0.233. The van der Waals surface area contributed by atoms with E-state index in [-0.39, 0.29) is 24.5 Å². The summed E-state index contributed by atoms with van der Waals surface area (Å²) in [7, 11) is 0. The molecule has 8 nitrogen and oxygen atoms in total. The van der Waals surface area contributed by atoms with E-state index < -0.39 is 30.3 Å². The smallest absolute Gasteiger partial charge is 0.416 e. The molecule has 1 aliphatic rings. The summed E-state index contributed by atoms with van der Waals surface area (Å²) in [4.78, 5) is 35.1. The van der Waals surface area contributed by atoms with Gasteiger partial charge in [-0.2, -0.15) is 0 Å². The van der Waals surface area contributed by atoms with E-state index >= 15 is 0 Å². The van der Waals surface area contributed by atoms with Gasteiger partial charge < -0.3 is 19.7 Å². The maximum absolute atomic E-state index is 11.6. The number of phenolic OH excluding ortho intramolecular Hbond substituents is 2. The third-order valence-electron chi connectivity index (χ3n) is 2.59. The molecule has 1 fully saturated rings. The van der Waals surface area contributed by atoms with Crippen LogP contribution in [0.15, 0.2) is 18.2 Å². The second kappa shape index (κ2) is 5.47. The van der Waals surface area contributed by atoms with Crippen molar-refractivity contribution in [2.45, 2.75) is 0 Å². The fourth-order valence-corrected chi connectivity index (χ4v) is 1.60. The van der Waals surface area contributed by atoms with Crippen molar-refractivity contribution in [1.29, 1.82) is 0 Å². The monoisotopic (exact) mass is 281 g/mol. The highest BCUT2D eigenvalue weighted by Gasteiger charge is 2.29. The molecular formula is C12H11NO7. The zero-order valence-corrected chi connectivity index (χ0v) is 10.2. The number of ether oxygens (including phenoxy) is 2. The molecule has 0 atom stereocenters. The van der Waals surface area contributed by atoms with Crippen LogP contribution in [0.1, 0.15) is 10.4 Å². The van der Waals surface area contributed by atoms with Crippen LogP contribution in [0.4, 0.5) is 4.79 Å². The van der Waals surface area contributed by atoms with Crippen LogP contribution in [0, 0.1) is 0 Å². The summed E-state index contributed by atoms with van der Waals surface area (Å²) in [6.45, 7) is -0.425. The molecule has 2 rings (SSSR count).